The molecular formula is C26H25BrN4O5S. The van der Waals surface area contributed by atoms with Crippen LogP contribution in [-0.2, 0) is 21.2 Å². The number of benzene rings is 3. The highest BCUT2D eigenvalue weighted by atomic mass is 79.9. The molecule has 11 heteroatoms. The summed E-state index contributed by atoms with van der Waals surface area (Å²) < 4.78 is 39.3. The fourth-order valence-electron chi connectivity index (χ4n) is 3.26. The van der Waals surface area contributed by atoms with Crippen molar-refractivity contribution in [1.82, 2.24) is 10.1 Å². The summed E-state index contributed by atoms with van der Waals surface area (Å²) in [5.41, 5.74) is 2.05. The fraction of sp³-hybridized carbons (Fsp3) is 0.192. The van der Waals surface area contributed by atoms with Gasteiger partial charge >= 0.3 is 0 Å². The van der Waals surface area contributed by atoms with Crippen molar-refractivity contribution in [2.45, 2.75) is 31.1 Å². The molecule has 4 rings (SSSR count). The predicted octanol–water partition coefficient (Wildman–Crippen LogP) is 5.36. The molecule has 0 atom stereocenters. The van der Waals surface area contributed by atoms with Crippen molar-refractivity contribution < 1.29 is 22.5 Å². The molecule has 2 N–H and O–H groups in total. The Morgan fingerprint density at radius 2 is 1.62 bits per heavy atom. The topological polar surface area (TPSA) is 123 Å². The van der Waals surface area contributed by atoms with Crippen LogP contribution in [0.5, 0.6) is 5.75 Å². The van der Waals surface area contributed by atoms with Crippen LogP contribution in [0.1, 0.15) is 37.0 Å². The predicted molar refractivity (Wildman–Crippen MR) is 143 cm³/mol. The molecule has 1 aromatic heterocycles. The molecule has 9 nitrogen and oxygen atoms in total. The van der Waals surface area contributed by atoms with E-state index in [9.17, 15) is 13.2 Å². The lowest BCUT2D eigenvalue weighted by molar-refractivity contribution is -0.118. The standard InChI is InChI=1S/C26H25BrN4O5S/c1-17(2)26-29-24(30-36-26)15-18-3-7-20(8-4-18)28-25(32)16-35-22-11-13-23(14-12-22)37(33,34)31-21-9-5-19(27)6-10-21/h3-14,17,31H,15-16H2,1-2H3,(H,28,32). The number of hydrogen-bond acceptors (Lipinski definition) is 7. The highest BCUT2D eigenvalue weighted by Crippen LogP contribution is 2.21. The number of nitrogens with zero attached hydrogens (tertiary/aromatic N) is 2. The van der Waals surface area contributed by atoms with E-state index in [4.69, 9.17) is 9.26 Å². The van der Waals surface area contributed by atoms with Crippen molar-refractivity contribution in [2.75, 3.05) is 16.6 Å². The van der Waals surface area contributed by atoms with Gasteiger partial charge in [-0.1, -0.05) is 47.1 Å². The van der Waals surface area contributed by atoms with E-state index in [2.05, 4.69) is 36.1 Å². The van der Waals surface area contributed by atoms with Gasteiger partial charge in [-0.05, 0) is 66.2 Å². The Kier molecular flexibility index (Phi) is 8.24. The van der Waals surface area contributed by atoms with Crippen LogP contribution in [0, 0.1) is 0 Å². The van der Waals surface area contributed by atoms with Crippen LogP contribution in [-0.4, -0.2) is 31.1 Å². The molecule has 0 saturated heterocycles. The van der Waals surface area contributed by atoms with Crippen LogP contribution in [0.25, 0.3) is 0 Å². The first-order valence-electron chi connectivity index (χ1n) is 11.4. The first-order valence-corrected chi connectivity index (χ1v) is 13.7. The largest absolute Gasteiger partial charge is 0.484 e. The third kappa shape index (κ3) is 7.40. The average molecular weight is 585 g/mol. The molecule has 0 saturated carbocycles. The second kappa shape index (κ2) is 11.6. The molecule has 192 valence electrons. The van der Waals surface area contributed by atoms with Gasteiger partial charge in [0.1, 0.15) is 5.75 Å². The summed E-state index contributed by atoms with van der Waals surface area (Å²) in [6.45, 7) is 3.75. The van der Waals surface area contributed by atoms with Crippen molar-refractivity contribution >= 4 is 43.2 Å². The van der Waals surface area contributed by atoms with Gasteiger partial charge in [-0.25, -0.2) is 8.42 Å². The number of aromatic nitrogens is 2. The molecule has 0 aliphatic rings. The number of nitrogens with one attached hydrogen (secondary N) is 2. The zero-order valence-corrected chi connectivity index (χ0v) is 22.5. The van der Waals surface area contributed by atoms with Gasteiger partial charge in [-0.3, -0.25) is 9.52 Å². The highest BCUT2D eigenvalue weighted by Gasteiger charge is 2.15. The van der Waals surface area contributed by atoms with E-state index in [1.165, 1.54) is 24.3 Å². The minimum absolute atomic E-state index is 0.0774. The first-order chi connectivity index (χ1) is 17.7. The summed E-state index contributed by atoms with van der Waals surface area (Å²) in [4.78, 5) is 16.7. The maximum absolute atomic E-state index is 12.6. The Bertz CT molecular complexity index is 1450. The molecule has 3 aromatic carbocycles. The lowest BCUT2D eigenvalue weighted by atomic mass is 10.1. The minimum Gasteiger partial charge on any atom is -0.484 e. The summed E-state index contributed by atoms with van der Waals surface area (Å²) in [7, 11) is -3.75. The van der Waals surface area contributed by atoms with E-state index >= 15 is 0 Å². The molecule has 0 aliphatic heterocycles. The monoisotopic (exact) mass is 584 g/mol. The van der Waals surface area contributed by atoms with E-state index in [0.29, 0.717) is 35.3 Å². The Morgan fingerprint density at radius 3 is 2.24 bits per heavy atom. The zero-order chi connectivity index (χ0) is 26.4. The summed E-state index contributed by atoms with van der Waals surface area (Å²) in [6.07, 6.45) is 0.526. The van der Waals surface area contributed by atoms with Crippen molar-refractivity contribution in [1.29, 1.82) is 0 Å². The summed E-state index contributed by atoms with van der Waals surface area (Å²) in [6, 6.07) is 20.0. The molecule has 37 heavy (non-hydrogen) atoms. The maximum Gasteiger partial charge on any atom is 0.262 e. The third-order valence-corrected chi connectivity index (χ3v) is 7.10. The van der Waals surface area contributed by atoms with Gasteiger partial charge in [-0.15, -0.1) is 0 Å². The number of ether oxygens (including phenoxy) is 1. The quantitative estimate of drug-likeness (QED) is 0.257. The van der Waals surface area contributed by atoms with E-state index < -0.39 is 10.0 Å². The molecule has 0 fully saturated rings. The lowest BCUT2D eigenvalue weighted by Crippen LogP contribution is -2.20. The Balaban J connectivity index is 1.26. The van der Waals surface area contributed by atoms with Crippen LogP contribution in [0.15, 0.2) is 86.7 Å². The number of anilines is 2. The van der Waals surface area contributed by atoms with Crippen molar-refractivity contribution in [2.24, 2.45) is 0 Å². The molecule has 1 amide bonds. The SMILES string of the molecule is CC(C)c1nc(Cc2ccc(NC(=O)COc3ccc(S(=O)(=O)Nc4ccc(Br)cc4)cc3)cc2)no1. The Labute approximate surface area is 223 Å². The van der Waals surface area contributed by atoms with Crippen molar-refractivity contribution in [3.63, 3.8) is 0 Å². The van der Waals surface area contributed by atoms with Gasteiger partial charge in [0.2, 0.25) is 5.89 Å². The van der Waals surface area contributed by atoms with E-state index in [-0.39, 0.29) is 23.3 Å². The van der Waals surface area contributed by atoms with Gasteiger partial charge < -0.3 is 14.6 Å². The number of hydrogen-bond donors (Lipinski definition) is 2. The van der Waals surface area contributed by atoms with E-state index in [1.807, 2.05) is 26.0 Å². The Morgan fingerprint density at radius 1 is 0.973 bits per heavy atom. The molecule has 1 heterocycles. The van der Waals surface area contributed by atoms with Crippen LogP contribution >= 0.6 is 15.9 Å². The highest BCUT2D eigenvalue weighted by molar-refractivity contribution is 9.10. The summed E-state index contributed by atoms with van der Waals surface area (Å²) >= 11 is 3.31. The second-order valence-corrected chi connectivity index (χ2v) is 11.1. The fourth-order valence-corrected chi connectivity index (χ4v) is 4.58. The molecule has 0 aliphatic carbocycles. The van der Waals surface area contributed by atoms with E-state index in [1.54, 1.807) is 36.4 Å². The average Bonchev–Trinajstić information content (AvgIpc) is 3.34. The zero-order valence-electron chi connectivity index (χ0n) is 20.1. The molecule has 0 unspecified atom stereocenters. The van der Waals surface area contributed by atoms with Gasteiger partial charge in [0.05, 0.1) is 4.90 Å². The number of rotatable bonds is 10. The van der Waals surface area contributed by atoms with Crippen molar-refractivity contribution in [3.8, 4) is 5.75 Å². The number of amides is 1. The number of halogens is 1. The summed E-state index contributed by atoms with van der Waals surface area (Å²) in [5.74, 6) is 1.41. The minimum atomic E-state index is -3.75. The van der Waals surface area contributed by atoms with Gasteiger partial charge in [0, 0.05) is 28.2 Å². The molecule has 0 bridgehead atoms. The van der Waals surface area contributed by atoms with Gasteiger partial charge in [0.15, 0.2) is 12.4 Å². The summed E-state index contributed by atoms with van der Waals surface area (Å²) in [5, 5.41) is 6.75. The van der Waals surface area contributed by atoms with Gasteiger partial charge in [0.25, 0.3) is 15.9 Å². The normalized spacial score (nSPS) is 11.4. The first kappa shape index (κ1) is 26.4. The van der Waals surface area contributed by atoms with Gasteiger partial charge in [-0.2, -0.15) is 4.98 Å². The molecular weight excluding hydrogens is 560 g/mol. The number of carbonyl (C=O) groups is 1. The van der Waals surface area contributed by atoms with E-state index in [0.717, 1.165) is 10.0 Å². The van der Waals surface area contributed by atoms with Crippen molar-refractivity contribution in [3.05, 3.63) is 94.5 Å². The van der Waals surface area contributed by atoms with Crippen LogP contribution in [0.4, 0.5) is 11.4 Å². The second-order valence-electron chi connectivity index (χ2n) is 8.50. The number of carbonyl (C=O) groups excluding carboxylic acids is 1. The molecule has 0 radical (unpaired) electrons. The van der Waals surface area contributed by atoms with Crippen LogP contribution in [0.2, 0.25) is 0 Å². The van der Waals surface area contributed by atoms with Crippen LogP contribution < -0.4 is 14.8 Å². The molecule has 4 aromatic rings. The lowest BCUT2D eigenvalue weighted by Gasteiger charge is -2.10. The molecule has 0 spiro atoms. The Hall–Kier alpha value is -3.70. The van der Waals surface area contributed by atoms with Crippen LogP contribution in [0.3, 0.4) is 0 Å². The third-order valence-electron chi connectivity index (χ3n) is 5.18. The number of sulfonamides is 1. The maximum atomic E-state index is 12.6. The smallest absolute Gasteiger partial charge is 0.262 e.